The van der Waals surface area contributed by atoms with Crippen molar-refractivity contribution < 1.29 is 14.3 Å². The Morgan fingerprint density at radius 3 is 2.61 bits per heavy atom. The van der Waals surface area contributed by atoms with Crippen molar-refractivity contribution in [1.29, 1.82) is 0 Å². The first-order chi connectivity index (χ1) is 18.1. The van der Waals surface area contributed by atoms with Crippen LogP contribution in [0.3, 0.4) is 0 Å². The van der Waals surface area contributed by atoms with Gasteiger partial charge in [0.2, 0.25) is 5.95 Å². The molecule has 5 rings (SSSR count). The Bertz CT molecular complexity index is 1210. The molecule has 0 radical (unpaired) electrons. The van der Waals surface area contributed by atoms with Gasteiger partial charge >= 0.3 is 5.97 Å². The molecule has 3 fully saturated rings. The Labute approximate surface area is 237 Å². The van der Waals surface area contributed by atoms with Crippen molar-refractivity contribution in [2.45, 2.75) is 58.3 Å². The van der Waals surface area contributed by atoms with E-state index in [1.807, 2.05) is 19.9 Å². The molecule has 1 saturated carbocycles. The fraction of sp³-hybridized carbons (Fsp3) is 0.593. The topological polar surface area (TPSA) is 81.6 Å². The Hall–Kier alpha value is -1.87. The Kier molecular flexibility index (Phi) is 7.98. The van der Waals surface area contributed by atoms with E-state index in [0.29, 0.717) is 39.7 Å². The largest absolute Gasteiger partial charge is 0.481 e. The number of benzene rings is 1. The highest BCUT2D eigenvalue weighted by atomic mass is 35.5. The number of nitrogens with zero attached hydrogens (tertiary/aromatic N) is 4. The summed E-state index contributed by atoms with van der Waals surface area (Å²) in [6.45, 7) is 6.65. The lowest BCUT2D eigenvalue weighted by Crippen LogP contribution is -2.58. The predicted molar refractivity (Wildman–Crippen MR) is 149 cm³/mol. The highest BCUT2D eigenvalue weighted by molar-refractivity contribution is 6.35. The number of aromatic nitrogens is 2. The number of piperidine rings is 1. The third-order valence-corrected chi connectivity index (χ3v) is 9.53. The lowest BCUT2D eigenvalue weighted by atomic mass is 9.65. The molecule has 1 aromatic carbocycles. The van der Waals surface area contributed by atoms with E-state index in [2.05, 4.69) is 25.1 Å². The number of alkyl halides is 1. The number of carboxylic acids is 1. The lowest BCUT2D eigenvalue weighted by molar-refractivity contribution is -0.158. The average molecular weight is 585 g/mol. The predicted octanol–water partition coefficient (Wildman–Crippen LogP) is 6.48. The summed E-state index contributed by atoms with van der Waals surface area (Å²) < 4.78 is 13.8. The number of hydrogen-bond donors (Lipinski definition) is 2. The van der Waals surface area contributed by atoms with Crippen molar-refractivity contribution in [1.82, 2.24) is 14.9 Å². The van der Waals surface area contributed by atoms with E-state index in [-0.39, 0.29) is 16.8 Å². The first-order valence-electron chi connectivity index (χ1n) is 13.1. The van der Waals surface area contributed by atoms with Crippen LogP contribution in [0, 0.1) is 17.3 Å². The number of nitrogens with one attached hydrogen (secondary N) is 1. The molecule has 3 aliphatic rings. The second-order valence-electron chi connectivity index (χ2n) is 11.3. The quantitative estimate of drug-likeness (QED) is 0.367. The van der Waals surface area contributed by atoms with Gasteiger partial charge in [-0.25, -0.2) is 9.37 Å². The van der Waals surface area contributed by atoms with Crippen molar-refractivity contribution in [2.75, 3.05) is 36.4 Å². The molecule has 2 atom stereocenters. The van der Waals surface area contributed by atoms with Gasteiger partial charge in [0.25, 0.3) is 0 Å². The van der Waals surface area contributed by atoms with Gasteiger partial charge in [0, 0.05) is 35.7 Å². The number of aliphatic carboxylic acids is 1. The van der Waals surface area contributed by atoms with Gasteiger partial charge in [0.05, 0.1) is 17.2 Å². The van der Waals surface area contributed by atoms with E-state index in [0.717, 1.165) is 51.0 Å². The molecule has 2 aliphatic heterocycles. The van der Waals surface area contributed by atoms with Gasteiger partial charge in [-0.05, 0) is 75.6 Å². The van der Waals surface area contributed by atoms with Gasteiger partial charge in [0.15, 0.2) is 5.82 Å². The molecule has 38 heavy (non-hydrogen) atoms. The van der Waals surface area contributed by atoms with Gasteiger partial charge in [-0.2, -0.15) is 4.98 Å². The zero-order chi connectivity index (χ0) is 27.2. The first kappa shape index (κ1) is 27.7. The van der Waals surface area contributed by atoms with Gasteiger partial charge in [-0.3, -0.25) is 4.79 Å². The number of hydrogen-bond acceptors (Lipinski definition) is 6. The summed E-state index contributed by atoms with van der Waals surface area (Å²) >= 11 is 18.9. The van der Waals surface area contributed by atoms with E-state index in [1.165, 1.54) is 6.42 Å². The molecular formula is C27H33Cl3FN5O2. The van der Waals surface area contributed by atoms with Crippen molar-refractivity contribution in [3.8, 4) is 0 Å². The highest BCUT2D eigenvalue weighted by Gasteiger charge is 2.49. The number of carboxylic acid groups (broad SMARTS) is 1. The third kappa shape index (κ3) is 5.42. The van der Waals surface area contributed by atoms with E-state index in [9.17, 15) is 14.3 Å². The second-order valence-corrected chi connectivity index (χ2v) is 12.5. The molecule has 1 aromatic heterocycles. The van der Waals surface area contributed by atoms with Crippen LogP contribution in [-0.4, -0.2) is 58.2 Å². The number of carbonyl (C=O) groups is 1. The van der Waals surface area contributed by atoms with Crippen molar-refractivity contribution >= 4 is 52.5 Å². The van der Waals surface area contributed by atoms with Gasteiger partial charge < -0.3 is 20.2 Å². The second kappa shape index (κ2) is 11.0. The van der Waals surface area contributed by atoms with E-state index in [1.54, 1.807) is 12.1 Å². The van der Waals surface area contributed by atoms with Gasteiger partial charge in [0.1, 0.15) is 11.7 Å². The lowest BCUT2D eigenvalue weighted by Gasteiger charge is -2.52. The normalized spacial score (nSPS) is 26.9. The minimum Gasteiger partial charge on any atom is -0.481 e. The maximum Gasteiger partial charge on any atom is 0.309 e. The SMILES string of the molecule is C[C@@H](Nc1nc(N2CC([C@H]3CCCN([C@H]4C[C@](C)(C(=O)O)C4)C3)C2)nc(CF)c1Cl)c1ccc(Cl)cc1Cl. The molecule has 0 unspecified atom stereocenters. The number of halogens is 4. The zero-order valence-electron chi connectivity index (χ0n) is 21.6. The maximum atomic E-state index is 13.8. The maximum absolute atomic E-state index is 13.8. The molecule has 206 valence electrons. The van der Waals surface area contributed by atoms with Crippen LogP contribution >= 0.6 is 34.8 Å². The van der Waals surface area contributed by atoms with Crippen molar-refractivity contribution in [3.63, 3.8) is 0 Å². The van der Waals surface area contributed by atoms with Crippen LogP contribution in [0.15, 0.2) is 18.2 Å². The molecule has 0 spiro atoms. The van der Waals surface area contributed by atoms with E-state index < -0.39 is 18.1 Å². The van der Waals surface area contributed by atoms with Crippen LogP contribution in [0.5, 0.6) is 0 Å². The van der Waals surface area contributed by atoms with Crippen LogP contribution < -0.4 is 10.2 Å². The molecular weight excluding hydrogens is 552 g/mol. The minimum atomic E-state index is -0.787. The van der Waals surface area contributed by atoms with Gasteiger partial charge in [-0.15, -0.1) is 0 Å². The fourth-order valence-corrected chi connectivity index (χ4v) is 6.85. The fourth-order valence-electron chi connectivity index (χ4n) is 6.09. The molecule has 7 nitrogen and oxygen atoms in total. The minimum absolute atomic E-state index is 0.160. The molecule has 0 amide bonds. The standard InChI is InChI=1S/C27H33Cl3FN5O2/c1-15(20-6-5-18(28)8-21(20)29)32-24-23(30)22(11-31)33-26(34-24)36-13-17(14-36)16-4-3-7-35(12-16)19-9-27(2,10-19)25(37)38/h5-6,8,15-17,19H,3-4,7,9-14H2,1-2H3,(H,37,38)(H,32,33,34)/t15-,16+,19-,27-/m1/s1. The summed E-state index contributed by atoms with van der Waals surface area (Å²) in [5.41, 5.74) is 0.412. The zero-order valence-corrected chi connectivity index (χ0v) is 23.8. The Morgan fingerprint density at radius 2 is 1.95 bits per heavy atom. The summed E-state index contributed by atoms with van der Waals surface area (Å²) in [6.07, 6.45) is 3.75. The van der Waals surface area contributed by atoms with Crippen LogP contribution in [0.25, 0.3) is 0 Å². The van der Waals surface area contributed by atoms with Crippen molar-refractivity contribution in [2.24, 2.45) is 17.3 Å². The van der Waals surface area contributed by atoms with Crippen LogP contribution in [0.2, 0.25) is 15.1 Å². The summed E-state index contributed by atoms with van der Waals surface area (Å²) in [5, 5.41) is 14.0. The van der Waals surface area contributed by atoms with E-state index in [4.69, 9.17) is 34.8 Å². The third-order valence-electron chi connectivity index (χ3n) is 8.57. The number of rotatable bonds is 8. The van der Waals surface area contributed by atoms with Gasteiger partial charge in [-0.1, -0.05) is 40.9 Å². The molecule has 0 bridgehead atoms. The summed E-state index contributed by atoms with van der Waals surface area (Å²) in [5.74, 6) is 1.21. The molecule has 11 heteroatoms. The molecule has 2 saturated heterocycles. The number of likely N-dealkylation sites (tertiary alicyclic amines) is 1. The smallest absolute Gasteiger partial charge is 0.309 e. The monoisotopic (exact) mass is 583 g/mol. The van der Waals surface area contributed by atoms with Crippen LogP contribution in [0.4, 0.5) is 16.2 Å². The first-order valence-corrected chi connectivity index (χ1v) is 14.3. The summed E-state index contributed by atoms with van der Waals surface area (Å²) in [6, 6.07) is 5.42. The highest BCUT2D eigenvalue weighted by Crippen LogP contribution is 2.45. The number of anilines is 2. The van der Waals surface area contributed by atoms with Crippen molar-refractivity contribution in [3.05, 3.63) is 44.5 Å². The summed E-state index contributed by atoms with van der Waals surface area (Å²) in [4.78, 5) is 25.1. The van der Waals surface area contributed by atoms with Crippen LogP contribution in [-0.2, 0) is 11.5 Å². The summed E-state index contributed by atoms with van der Waals surface area (Å²) in [7, 11) is 0. The average Bonchev–Trinajstić information content (AvgIpc) is 2.82. The Balaban J connectivity index is 1.23. The Morgan fingerprint density at radius 1 is 1.21 bits per heavy atom. The molecule has 2 aromatic rings. The van der Waals surface area contributed by atoms with E-state index >= 15 is 0 Å². The van der Waals surface area contributed by atoms with Crippen LogP contribution in [0.1, 0.15) is 56.8 Å². The molecule has 3 heterocycles. The molecule has 1 aliphatic carbocycles. The molecule has 2 N–H and O–H groups in total.